The second-order valence-corrected chi connectivity index (χ2v) is 6.99. The molecule has 0 heterocycles. The Hall–Kier alpha value is -0.860. The summed E-state index contributed by atoms with van der Waals surface area (Å²) in [6.45, 7) is 2.48. The van der Waals surface area contributed by atoms with Gasteiger partial charge in [-0.3, -0.25) is 0 Å². The molecule has 116 valence electrons. The lowest BCUT2D eigenvalue weighted by Gasteiger charge is -2.15. The topological polar surface area (TPSA) is 30.5 Å². The fourth-order valence-electron chi connectivity index (χ4n) is 1.86. The number of thiocarbonyl (C=S) groups is 1. The van der Waals surface area contributed by atoms with Gasteiger partial charge in [0.25, 0.3) is 5.17 Å². The second-order valence-electron chi connectivity index (χ2n) is 4.61. The van der Waals surface area contributed by atoms with Gasteiger partial charge in [-0.25, -0.2) is 0 Å². The van der Waals surface area contributed by atoms with E-state index < -0.39 is 0 Å². The highest BCUT2D eigenvalue weighted by Crippen LogP contribution is 2.29. The Morgan fingerprint density at radius 3 is 2.77 bits per heavy atom. The van der Waals surface area contributed by atoms with Crippen LogP contribution in [0.2, 0.25) is 0 Å². The highest BCUT2D eigenvalue weighted by atomic mass is 127. The van der Waals surface area contributed by atoms with Gasteiger partial charge in [-0.2, -0.15) is 0 Å². The Bertz CT molecular complexity index is 694. The van der Waals surface area contributed by atoms with Crippen LogP contribution in [-0.2, 0) is 11.3 Å². The largest absolute Gasteiger partial charge is 0.488 e. The molecule has 2 aromatic carbocycles. The van der Waals surface area contributed by atoms with Crippen molar-refractivity contribution in [3.63, 3.8) is 0 Å². The summed E-state index contributed by atoms with van der Waals surface area (Å²) >= 11 is 10.9. The highest BCUT2D eigenvalue weighted by Gasteiger charge is 2.10. The molecular weight excluding hydrogens is 477 g/mol. The van der Waals surface area contributed by atoms with E-state index in [4.69, 9.17) is 21.7 Å². The average Bonchev–Trinajstić information content (AvgIpc) is 2.48. The number of nitrogens with one attached hydrogen (secondary N) is 1. The molecule has 0 amide bonds. The minimum Gasteiger partial charge on any atom is -0.488 e. The van der Waals surface area contributed by atoms with Gasteiger partial charge in [0.1, 0.15) is 12.4 Å². The Kier molecular flexibility index (Phi) is 6.46. The number of aryl methyl sites for hydroxylation is 1. The normalized spacial score (nSPS) is 10.2. The number of halogens is 2. The fourth-order valence-corrected chi connectivity index (χ4v) is 3.23. The van der Waals surface area contributed by atoms with Crippen molar-refractivity contribution < 1.29 is 9.47 Å². The molecule has 0 unspecified atom stereocenters. The van der Waals surface area contributed by atoms with Crippen LogP contribution in [0.4, 0.5) is 5.69 Å². The zero-order chi connectivity index (χ0) is 16.1. The minimum absolute atomic E-state index is 0.333. The Labute approximate surface area is 157 Å². The van der Waals surface area contributed by atoms with Crippen molar-refractivity contribution in [1.82, 2.24) is 0 Å². The van der Waals surface area contributed by atoms with Crippen LogP contribution in [0.3, 0.4) is 0 Å². The van der Waals surface area contributed by atoms with E-state index in [-0.39, 0.29) is 0 Å². The molecule has 0 aliphatic heterocycles. The standard InChI is InChI=1S/C16H15BrINO2S/c1-10-6-7-15(12(17)8-10)21-9-11-13(18)4-3-5-14(11)19-16(22)20-2/h3-8H,9H2,1-2H3,(H,19,22). The van der Waals surface area contributed by atoms with E-state index in [1.165, 1.54) is 5.56 Å². The summed E-state index contributed by atoms with van der Waals surface area (Å²) < 4.78 is 13.0. The van der Waals surface area contributed by atoms with E-state index in [9.17, 15) is 0 Å². The molecule has 0 fully saturated rings. The van der Waals surface area contributed by atoms with E-state index >= 15 is 0 Å². The lowest BCUT2D eigenvalue weighted by atomic mass is 10.2. The summed E-state index contributed by atoms with van der Waals surface area (Å²) in [6, 6.07) is 12.0. The molecule has 0 radical (unpaired) electrons. The van der Waals surface area contributed by atoms with Crippen molar-refractivity contribution in [1.29, 1.82) is 0 Å². The van der Waals surface area contributed by atoms with Crippen LogP contribution in [0.15, 0.2) is 40.9 Å². The molecule has 0 bridgehead atoms. The van der Waals surface area contributed by atoms with Gasteiger partial charge in [-0.1, -0.05) is 12.1 Å². The predicted molar refractivity (Wildman–Crippen MR) is 106 cm³/mol. The van der Waals surface area contributed by atoms with Crippen LogP contribution < -0.4 is 10.1 Å². The van der Waals surface area contributed by atoms with Crippen LogP contribution in [0.5, 0.6) is 5.75 Å². The van der Waals surface area contributed by atoms with Crippen LogP contribution in [-0.4, -0.2) is 12.3 Å². The Balaban J connectivity index is 2.19. The SMILES string of the molecule is COC(=S)Nc1cccc(I)c1COc1ccc(C)cc1Br. The van der Waals surface area contributed by atoms with Crippen molar-refractivity contribution >= 4 is 61.6 Å². The molecule has 0 aliphatic carbocycles. The monoisotopic (exact) mass is 491 g/mol. The lowest BCUT2D eigenvalue weighted by molar-refractivity contribution is 0.304. The third-order valence-electron chi connectivity index (χ3n) is 3.00. The first-order valence-electron chi connectivity index (χ1n) is 6.52. The number of hydrogen-bond donors (Lipinski definition) is 1. The zero-order valence-electron chi connectivity index (χ0n) is 12.2. The summed E-state index contributed by atoms with van der Waals surface area (Å²) in [5, 5.41) is 3.41. The molecule has 2 aromatic rings. The number of benzene rings is 2. The van der Waals surface area contributed by atoms with Crippen molar-refractivity contribution in [3.8, 4) is 5.75 Å². The molecule has 0 atom stereocenters. The van der Waals surface area contributed by atoms with Crippen LogP contribution in [0.25, 0.3) is 0 Å². The summed E-state index contributed by atoms with van der Waals surface area (Å²) in [6.07, 6.45) is 0. The molecule has 0 aliphatic rings. The summed E-state index contributed by atoms with van der Waals surface area (Å²) in [4.78, 5) is 0. The molecular formula is C16H15BrINO2S. The average molecular weight is 492 g/mol. The summed E-state index contributed by atoms with van der Waals surface area (Å²) in [5.41, 5.74) is 3.11. The van der Waals surface area contributed by atoms with Crippen molar-refractivity contribution in [2.45, 2.75) is 13.5 Å². The third kappa shape index (κ3) is 4.57. The lowest BCUT2D eigenvalue weighted by Crippen LogP contribution is -2.13. The molecule has 1 N–H and O–H groups in total. The van der Waals surface area contributed by atoms with E-state index in [1.54, 1.807) is 7.11 Å². The van der Waals surface area contributed by atoms with Gasteiger partial charge in [0, 0.05) is 14.8 Å². The van der Waals surface area contributed by atoms with Crippen LogP contribution >= 0.6 is 50.7 Å². The van der Waals surface area contributed by atoms with Crippen LogP contribution in [0, 0.1) is 10.5 Å². The Morgan fingerprint density at radius 2 is 2.09 bits per heavy atom. The highest BCUT2D eigenvalue weighted by molar-refractivity contribution is 14.1. The molecule has 0 saturated carbocycles. The molecule has 0 spiro atoms. The molecule has 0 aromatic heterocycles. The smallest absolute Gasteiger partial charge is 0.260 e. The van der Waals surface area contributed by atoms with Gasteiger partial charge in [0.05, 0.1) is 11.6 Å². The fraction of sp³-hybridized carbons (Fsp3) is 0.188. The van der Waals surface area contributed by atoms with Gasteiger partial charge in [-0.05, 0) is 87.5 Å². The molecule has 3 nitrogen and oxygen atoms in total. The van der Waals surface area contributed by atoms with Crippen LogP contribution in [0.1, 0.15) is 11.1 Å². The molecule has 2 rings (SSSR count). The van der Waals surface area contributed by atoms with Crippen molar-refractivity contribution in [2.24, 2.45) is 0 Å². The Morgan fingerprint density at radius 1 is 1.32 bits per heavy atom. The first kappa shape index (κ1) is 17.5. The van der Waals surface area contributed by atoms with E-state index in [0.717, 1.165) is 25.0 Å². The number of ether oxygens (including phenoxy) is 2. The predicted octanol–water partition coefficient (Wildman–Crippen LogP) is 5.28. The zero-order valence-corrected chi connectivity index (χ0v) is 16.7. The third-order valence-corrected chi connectivity index (χ3v) is 4.90. The van der Waals surface area contributed by atoms with E-state index in [1.807, 2.05) is 43.3 Å². The van der Waals surface area contributed by atoms with Gasteiger partial charge in [-0.15, -0.1) is 0 Å². The molecule has 0 saturated heterocycles. The van der Waals surface area contributed by atoms with Gasteiger partial charge >= 0.3 is 0 Å². The van der Waals surface area contributed by atoms with Gasteiger partial charge in [0.15, 0.2) is 0 Å². The summed E-state index contributed by atoms with van der Waals surface area (Å²) in [5.74, 6) is 0.811. The maximum Gasteiger partial charge on any atom is 0.260 e. The van der Waals surface area contributed by atoms with E-state index in [0.29, 0.717) is 11.8 Å². The number of hydrogen-bond acceptors (Lipinski definition) is 3. The molecule has 22 heavy (non-hydrogen) atoms. The maximum atomic E-state index is 5.94. The maximum absolute atomic E-state index is 5.94. The van der Waals surface area contributed by atoms with Gasteiger partial charge < -0.3 is 14.8 Å². The first-order valence-corrected chi connectivity index (χ1v) is 8.80. The van der Waals surface area contributed by atoms with E-state index in [2.05, 4.69) is 43.8 Å². The molecule has 6 heteroatoms. The summed E-state index contributed by atoms with van der Waals surface area (Å²) in [7, 11) is 1.54. The minimum atomic E-state index is 0.333. The number of rotatable bonds is 4. The van der Waals surface area contributed by atoms with Crippen molar-refractivity contribution in [2.75, 3.05) is 12.4 Å². The van der Waals surface area contributed by atoms with Gasteiger partial charge in [0.2, 0.25) is 0 Å². The second kappa shape index (κ2) is 8.12. The number of methoxy groups -OCH3 is 1. The number of anilines is 1. The first-order chi connectivity index (χ1) is 10.5. The quantitative estimate of drug-likeness (QED) is 0.465. The van der Waals surface area contributed by atoms with Crippen molar-refractivity contribution in [3.05, 3.63) is 55.6 Å².